The molecule has 0 saturated carbocycles. The van der Waals surface area contributed by atoms with Crippen molar-refractivity contribution in [2.24, 2.45) is 11.3 Å². The van der Waals surface area contributed by atoms with Crippen LogP contribution in [0.2, 0.25) is 0 Å². The van der Waals surface area contributed by atoms with Gasteiger partial charge in [0.05, 0.1) is 25.8 Å². The van der Waals surface area contributed by atoms with Crippen LogP contribution in [0.4, 0.5) is 0 Å². The van der Waals surface area contributed by atoms with E-state index in [2.05, 4.69) is 69.4 Å². The molecule has 1 aliphatic carbocycles. The molecule has 1 rings (SSSR count). The highest BCUT2D eigenvalue weighted by Gasteiger charge is 2.39. The second kappa shape index (κ2) is 22.0. The highest BCUT2D eigenvalue weighted by atomic mass is 16.5. The number of carbonyl (C=O) groups is 4. The fourth-order valence-electron chi connectivity index (χ4n) is 5.33. The van der Waals surface area contributed by atoms with Crippen molar-refractivity contribution in [1.29, 1.82) is 0 Å². The highest BCUT2D eigenvalue weighted by Crippen LogP contribution is 2.39. The largest absolute Gasteiger partial charge is 0.489 e. The number of hydroxylamine groups is 1. The summed E-state index contributed by atoms with van der Waals surface area (Å²) in [6.07, 6.45) is 27.1. The zero-order valence-electron chi connectivity index (χ0n) is 31.4. The zero-order chi connectivity index (χ0) is 37.1. The van der Waals surface area contributed by atoms with Gasteiger partial charge in [0, 0.05) is 5.57 Å². The van der Waals surface area contributed by atoms with Gasteiger partial charge in [-0.2, -0.15) is 5.48 Å². The SMILES string of the molecule is COC1=C(OC)C(=O)C(C(=O)/C(C)=C(\C)C(C)(C)C(C)/C=C/CC/C=C/CCC/C=C/C/C=C/CC/C=C(\C)C(=O)C(C)NO)=C(C)C1=O. The van der Waals surface area contributed by atoms with Crippen LogP contribution < -0.4 is 5.48 Å². The molecule has 0 saturated heterocycles. The number of methoxy groups -OCH3 is 2. The predicted molar refractivity (Wildman–Crippen MR) is 197 cm³/mol. The van der Waals surface area contributed by atoms with Crippen LogP contribution in [-0.4, -0.2) is 48.6 Å². The number of carbonyl (C=O) groups excluding carboxylic acids is 4. The molecule has 2 unspecified atom stereocenters. The lowest BCUT2D eigenvalue weighted by Gasteiger charge is -2.33. The molecule has 0 radical (unpaired) electrons. The predicted octanol–water partition coefficient (Wildman–Crippen LogP) is 8.76. The van der Waals surface area contributed by atoms with Gasteiger partial charge in [0.2, 0.25) is 23.1 Å². The summed E-state index contributed by atoms with van der Waals surface area (Å²) in [4.78, 5) is 51.3. The Labute approximate surface area is 294 Å². The minimum atomic E-state index is -0.635. The van der Waals surface area contributed by atoms with Gasteiger partial charge in [-0.05, 0) is 108 Å². The van der Waals surface area contributed by atoms with Crippen LogP contribution in [0.3, 0.4) is 0 Å². The molecule has 0 bridgehead atoms. The third-order valence-electron chi connectivity index (χ3n) is 9.40. The number of Topliss-reactive ketones (excluding diaryl/α,β-unsaturated/α-hetero) is 4. The van der Waals surface area contributed by atoms with Gasteiger partial charge in [0.25, 0.3) is 0 Å². The molecular weight excluding hydrogens is 618 g/mol. The average Bonchev–Trinajstić information content (AvgIpc) is 3.09. The molecule has 0 amide bonds. The van der Waals surface area contributed by atoms with Crippen LogP contribution in [0.15, 0.2) is 94.1 Å². The van der Waals surface area contributed by atoms with Crippen molar-refractivity contribution in [2.45, 2.75) is 113 Å². The lowest BCUT2D eigenvalue weighted by atomic mass is 9.71. The third kappa shape index (κ3) is 12.8. The van der Waals surface area contributed by atoms with Crippen molar-refractivity contribution < 1.29 is 33.9 Å². The first-order valence-corrected chi connectivity index (χ1v) is 17.3. The highest BCUT2D eigenvalue weighted by molar-refractivity contribution is 6.37. The normalized spacial score (nSPS) is 16.8. The maximum absolute atomic E-state index is 13.5. The monoisotopic (exact) mass is 677 g/mol. The Bertz CT molecular complexity index is 1430. The van der Waals surface area contributed by atoms with Gasteiger partial charge in [-0.3, -0.25) is 19.2 Å². The van der Waals surface area contributed by atoms with Crippen molar-refractivity contribution in [3.8, 4) is 0 Å². The van der Waals surface area contributed by atoms with Crippen LogP contribution >= 0.6 is 0 Å². The molecule has 8 nitrogen and oxygen atoms in total. The first-order chi connectivity index (χ1) is 23.2. The Kier molecular flexibility index (Phi) is 19.3. The van der Waals surface area contributed by atoms with E-state index in [1.807, 2.05) is 18.5 Å². The van der Waals surface area contributed by atoms with E-state index in [0.717, 1.165) is 56.9 Å². The van der Waals surface area contributed by atoms with Crippen molar-refractivity contribution in [2.75, 3.05) is 14.2 Å². The number of rotatable bonds is 22. The lowest BCUT2D eigenvalue weighted by Crippen LogP contribution is -2.31. The van der Waals surface area contributed by atoms with Gasteiger partial charge in [0.15, 0.2) is 11.6 Å². The Morgan fingerprint density at radius 1 is 0.796 bits per heavy atom. The Morgan fingerprint density at radius 2 is 1.31 bits per heavy atom. The fraction of sp³-hybridized carbons (Fsp3) is 0.512. The summed E-state index contributed by atoms with van der Waals surface area (Å²) in [6, 6.07) is -0.580. The number of ketones is 4. The van der Waals surface area contributed by atoms with E-state index in [9.17, 15) is 19.2 Å². The zero-order valence-corrected chi connectivity index (χ0v) is 31.4. The first-order valence-electron chi connectivity index (χ1n) is 17.3. The second-order valence-corrected chi connectivity index (χ2v) is 13.1. The molecule has 0 spiro atoms. The van der Waals surface area contributed by atoms with E-state index in [-0.39, 0.29) is 39.8 Å². The summed E-state index contributed by atoms with van der Waals surface area (Å²) in [6.45, 7) is 14.8. The third-order valence-corrected chi connectivity index (χ3v) is 9.40. The van der Waals surface area contributed by atoms with Gasteiger partial charge >= 0.3 is 0 Å². The minimum absolute atomic E-state index is 0.0650. The topological polar surface area (TPSA) is 119 Å². The van der Waals surface area contributed by atoms with Crippen LogP contribution in [0, 0.1) is 11.3 Å². The van der Waals surface area contributed by atoms with Crippen LogP contribution in [-0.2, 0) is 28.7 Å². The van der Waals surface area contributed by atoms with E-state index in [1.165, 1.54) is 21.1 Å². The molecule has 0 aliphatic heterocycles. The van der Waals surface area contributed by atoms with Gasteiger partial charge < -0.3 is 14.7 Å². The summed E-state index contributed by atoms with van der Waals surface area (Å²) in [5.74, 6) is -2.01. The standard InChI is InChI=1S/C41H59NO7/c1-28(35(43)33(6)42-47)26-24-22-20-18-16-14-12-11-13-15-17-19-21-23-25-27-29(2)41(7,8)32(5)30(3)36(44)34-31(4)37(45)39(48-9)40(49-10)38(34)46/h12,14,17-20,25-27,29,33,42,47H,11,13,15-16,21-24H2,1-10H3/b14-12+,19-17+,20-18+,27-25+,28-26+,32-30+. The summed E-state index contributed by atoms with van der Waals surface area (Å²) in [7, 11) is 2.58. The Hall–Kier alpha value is -3.88. The molecule has 0 aromatic carbocycles. The summed E-state index contributed by atoms with van der Waals surface area (Å²) < 4.78 is 10.2. The number of hydrogen-bond donors (Lipinski definition) is 2. The van der Waals surface area contributed by atoms with E-state index in [0.29, 0.717) is 11.1 Å². The second-order valence-electron chi connectivity index (χ2n) is 13.1. The van der Waals surface area contributed by atoms with E-state index in [4.69, 9.17) is 14.7 Å². The van der Waals surface area contributed by atoms with E-state index in [1.54, 1.807) is 20.8 Å². The van der Waals surface area contributed by atoms with Crippen LogP contribution in [0.5, 0.6) is 0 Å². The number of allylic oxidation sites excluding steroid dienone is 13. The van der Waals surface area contributed by atoms with Crippen LogP contribution in [0.1, 0.15) is 107 Å². The van der Waals surface area contributed by atoms with Crippen molar-refractivity contribution in [1.82, 2.24) is 5.48 Å². The molecule has 49 heavy (non-hydrogen) atoms. The summed E-state index contributed by atoms with van der Waals surface area (Å²) in [5.41, 5.74) is 3.50. The maximum Gasteiger partial charge on any atom is 0.235 e. The number of unbranched alkanes of at least 4 members (excludes halogenated alkanes) is 4. The van der Waals surface area contributed by atoms with Crippen molar-refractivity contribution >= 4 is 23.1 Å². The smallest absolute Gasteiger partial charge is 0.235 e. The summed E-state index contributed by atoms with van der Waals surface area (Å²) in [5, 5.41) is 8.85. The molecule has 0 aromatic heterocycles. The van der Waals surface area contributed by atoms with Crippen LogP contribution in [0.25, 0.3) is 0 Å². The van der Waals surface area contributed by atoms with Gasteiger partial charge in [-0.15, -0.1) is 0 Å². The molecule has 0 heterocycles. The molecule has 0 aromatic rings. The molecule has 0 fully saturated rings. The van der Waals surface area contributed by atoms with Gasteiger partial charge in [0.1, 0.15) is 0 Å². The number of nitrogens with one attached hydrogen (secondary N) is 1. The Morgan fingerprint density at radius 3 is 1.90 bits per heavy atom. The lowest BCUT2D eigenvalue weighted by molar-refractivity contribution is -0.124. The van der Waals surface area contributed by atoms with E-state index >= 15 is 0 Å². The van der Waals surface area contributed by atoms with Crippen molar-refractivity contribution in [3.05, 3.63) is 94.1 Å². The number of hydrogen-bond acceptors (Lipinski definition) is 8. The molecule has 8 heteroatoms. The maximum atomic E-state index is 13.5. The van der Waals surface area contributed by atoms with Gasteiger partial charge in [-0.25, -0.2) is 0 Å². The van der Waals surface area contributed by atoms with Crippen molar-refractivity contribution in [3.63, 3.8) is 0 Å². The molecule has 1 aliphatic rings. The Balaban J connectivity index is 2.50. The molecule has 2 N–H and O–H groups in total. The summed E-state index contributed by atoms with van der Waals surface area (Å²) >= 11 is 0. The fourth-order valence-corrected chi connectivity index (χ4v) is 5.33. The number of ether oxygens (including phenoxy) is 2. The molecule has 270 valence electrons. The minimum Gasteiger partial charge on any atom is -0.489 e. The quantitative estimate of drug-likeness (QED) is 0.0292. The average molecular weight is 678 g/mol. The van der Waals surface area contributed by atoms with Gasteiger partial charge in [-0.1, -0.05) is 81.0 Å². The van der Waals surface area contributed by atoms with E-state index < -0.39 is 23.4 Å². The molecule has 2 atom stereocenters. The molecular formula is C41H59NO7. The first kappa shape index (κ1) is 43.1.